The van der Waals surface area contributed by atoms with E-state index < -0.39 is 8.07 Å². The second-order valence-corrected chi connectivity index (χ2v) is 15.3. The quantitative estimate of drug-likeness (QED) is 0.295. The van der Waals surface area contributed by atoms with E-state index in [2.05, 4.69) is 31.9 Å². The standard InChI is InChI=1S/C24H28Br2F2O2Si/c25-21-13-17(27)9-11-23(21)29-15-31(19-5-1-2-6-19,20-7-3-4-8-20)16-30-24-12-10-18(28)14-22(24)26/h9-14,19-20H,1-8,15-16H2. The van der Waals surface area contributed by atoms with Crippen LogP contribution in [0.5, 0.6) is 11.5 Å². The van der Waals surface area contributed by atoms with E-state index in [-0.39, 0.29) is 11.6 Å². The highest BCUT2D eigenvalue weighted by atomic mass is 79.9. The maximum atomic E-state index is 13.6. The van der Waals surface area contributed by atoms with Gasteiger partial charge >= 0.3 is 0 Å². The lowest BCUT2D eigenvalue weighted by atomic mass is 10.3. The lowest BCUT2D eigenvalue weighted by Crippen LogP contribution is -2.55. The van der Waals surface area contributed by atoms with Gasteiger partial charge in [0.1, 0.15) is 31.2 Å². The first-order chi connectivity index (χ1) is 15.0. The lowest BCUT2D eigenvalue weighted by Gasteiger charge is -2.41. The van der Waals surface area contributed by atoms with Crippen LogP contribution in [0.25, 0.3) is 0 Å². The summed E-state index contributed by atoms with van der Waals surface area (Å²) in [6.45, 7) is 0. The van der Waals surface area contributed by atoms with Gasteiger partial charge in [-0.1, -0.05) is 51.4 Å². The summed E-state index contributed by atoms with van der Waals surface area (Å²) in [6.07, 6.45) is 11.4. The normalized spacial score (nSPS) is 17.9. The van der Waals surface area contributed by atoms with E-state index in [1.807, 2.05) is 0 Å². The van der Waals surface area contributed by atoms with Crippen molar-refractivity contribution < 1.29 is 18.3 Å². The third-order valence-corrected chi connectivity index (χ3v) is 14.1. The fourth-order valence-corrected chi connectivity index (χ4v) is 12.0. The minimum atomic E-state index is -2.04. The number of rotatable bonds is 8. The smallest absolute Gasteiger partial charge is 0.148 e. The lowest BCUT2D eigenvalue weighted by molar-refractivity contribution is 0.327. The van der Waals surface area contributed by atoms with Crippen LogP contribution in [0.3, 0.4) is 0 Å². The van der Waals surface area contributed by atoms with Crippen molar-refractivity contribution >= 4 is 39.9 Å². The Morgan fingerprint density at radius 1 is 0.710 bits per heavy atom. The monoisotopic (exact) mass is 572 g/mol. The first-order valence-electron chi connectivity index (χ1n) is 11.1. The summed E-state index contributed by atoms with van der Waals surface area (Å²) in [5.41, 5.74) is 1.32. The van der Waals surface area contributed by atoms with Crippen LogP contribution in [0.4, 0.5) is 8.78 Å². The van der Waals surface area contributed by atoms with Crippen LogP contribution in [0, 0.1) is 11.6 Å². The summed E-state index contributed by atoms with van der Waals surface area (Å²) in [6, 6.07) is 9.21. The molecule has 31 heavy (non-hydrogen) atoms. The molecule has 2 fully saturated rings. The Morgan fingerprint density at radius 2 is 1.10 bits per heavy atom. The van der Waals surface area contributed by atoms with Gasteiger partial charge in [0.15, 0.2) is 0 Å². The Morgan fingerprint density at radius 3 is 1.45 bits per heavy atom. The van der Waals surface area contributed by atoms with Gasteiger partial charge in [0.2, 0.25) is 0 Å². The van der Waals surface area contributed by atoms with Crippen molar-refractivity contribution in [2.45, 2.75) is 62.4 Å². The zero-order valence-electron chi connectivity index (χ0n) is 17.5. The summed E-state index contributed by atoms with van der Waals surface area (Å²) < 4.78 is 41.2. The van der Waals surface area contributed by atoms with Crippen LogP contribution in [-0.4, -0.2) is 20.5 Å². The molecule has 0 aliphatic heterocycles. The molecule has 0 spiro atoms. The molecule has 0 N–H and O–H groups in total. The zero-order valence-corrected chi connectivity index (χ0v) is 21.7. The van der Waals surface area contributed by atoms with Crippen LogP contribution < -0.4 is 9.47 Å². The third kappa shape index (κ3) is 5.36. The average Bonchev–Trinajstić information content (AvgIpc) is 3.45. The predicted molar refractivity (Wildman–Crippen MR) is 129 cm³/mol. The third-order valence-electron chi connectivity index (χ3n) is 7.12. The average molecular weight is 574 g/mol. The number of hydrogen-bond donors (Lipinski definition) is 0. The van der Waals surface area contributed by atoms with Crippen molar-refractivity contribution in [1.82, 2.24) is 0 Å². The SMILES string of the molecule is Fc1ccc(OC[Si](COc2ccc(F)cc2Br)(C2CCCC2)C2CCCC2)c(Br)c1. The minimum Gasteiger partial charge on any atom is -0.496 e. The summed E-state index contributed by atoms with van der Waals surface area (Å²) in [4.78, 5) is 0. The first kappa shape index (κ1) is 23.2. The molecule has 168 valence electrons. The second-order valence-electron chi connectivity index (χ2n) is 8.92. The van der Waals surface area contributed by atoms with Gasteiger partial charge in [-0.15, -0.1) is 0 Å². The Hall–Kier alpha value is -0.923. The van der Waals surface area contributed by atoms with Crippen LogP contribution in [0.15, 0.2) is 45.3 Å². The zero-order chi connectivity index (χ0) is 21.8. The van der Waals surface area contributed by atoms with Crippen molar-refractivity contribution in [3.63, 3.8) is 0 Å². The van der Waals surface area contributed by atoms with Crippen LogP contribution >= 0.6 is 31.9 Å². The van der Waals surface area contributed by atoms with Crippen LogP contribution in [0.2, 0.25) is 11.1 Å². The summed E-state index contributed by atoms with van der Waals surface area (Å²) >= 11 is 6.90. The molecule has 2 aromatic carbocycles. The molecule has 0 aromatic heterocycles. The Labute approximate surface area is 201 Å². The van der Waals surface area contributed by atoms with Gasteiger partial charge in [-0.25, -0.2) is 8.78 Å². The van der Waals surface area contributed by atoms with Crippen molar-refractivity contribution in [2.75, 3.05) is 12.5 Å². The fourth-order valence-electron chi connectivity index (χ4n) is 5.46. The number of hydrogen-bond acceptors (Lipinski definition) is 2. The van der Waals surface area contributed by atoms with Gasteiger partial charge in [0.25, 0.3) is 0 Å². The van der Waals surface area contributed by atoms with Gasteiger partial charge in [-0.05, 0) is 79.3 Å². The van der Waals surface area contributed by atoms with E-state index in [9.17, 15) is 8.78 Å². The van der Waals surface area contributed by atoms with Gasteiger partial charge in [-0.2, -0.15) is 0 Å². The number of halogens is 4. The number of benzene rings is 2. The van der Waals surface area contributed by atoms with Gasteiger partial charge in [-0.3, -0.25) is 0 Å². The molecule has 0 atom stereocenters. The summed E-state index contributed by atoms with van der Waals surface area (Å²) in [7, 11) is -2.04. The van der Waals surface area contributed by atoms with Gasteiger partial charge < -0.3 is 9.47 Å². The van der Waals surface area contributed by atoms with Crippen molar-refractivity contribution in [1.29, 1.82) is 0 Å². The molecule has 2 saturated carbocycles. The predicted octanol–water partition coefficient (Wildman–Crippen LogP) is 8.36. The van der Waals surface area contributed by atoms with Crippen LogP contribution in [0.1, 0.15) is 51.4 Å². The maximum absolute atomic E-state index is 13.6. The molecule has 2 aliphatic rings. The molecule has 2 aromatic rings. The van der Waals surface area contributed by atoms with Crippen molar-refractivity contribution in [2.24, 2.45) is 0 Å². The van der Waals surface area contributed by atoms with Crippen molar-refractivity contribution in [3.8, 4) is 11.5 Å². The molecule has 0 unspecified atom stereocenters. The number of ether oxygens (including phenoxy) is 2. The fraction of sp³-hybridized carbons (Fsp3) is 0.500. The molecule has 4 rings (SSSR count). The molecule has 0 radical (unpaired) electrons. The maximum Gasteiger partial charge on any atom is 0.148 e. The minimum absolute atomic E-state index is 0.279. The highest BCUT2D eigenvalue weighted by Gasteiger charge is 2.51. The Kier molecular flexibility index (Phi) is 7.75. The molecule has 2 aliphatic carbocycles. The molecule has 7 heteroatoms. The van der Waals surface area contributed by atoms with Gasteiger partial charge in [0, 0.05) is 0 Å². The highest BCUT2D eigenvalue weighted by molar-refractivity contribution is 9.10. The molecule has 0 amide bonds. The molecular weight excluding hydrogens is 546 g/mol. The van der Waals surface area contributed by atoms with E-state index in [0.717, 1.165) is 0 Å². The van der Waals surface area contributed by atoms with E-state index in [0.29, 0.717) is 44.0 Å². The van der Waals surface area contributed by atoms with Crippen molar-refractivity contribution in [3.05, 3.63) is 57.0 Å². The molecule has 0 saturated heterocycles. The molecular formula is C24H28Br2F2O2Si. The largest absolute Gasteiger partial charge is 0.496 e. The van der Waals surface area contributed by atoms with E-state index in [1.165, 1.54) is 75.6 Å². The van der Waals surface area contributed by atoms with Gasteiger partial charge in [0.05, 0.1) is 21.4 Å². The Balaban J connectivity index is 1.62. The van der Waals surface area contributed by atoms with E-state index in [4.69, 9.17) is 9.47 Å². The molecule has 0 bridgehead atoms. The van der Waals surface area contributed by atoms with E-state index >= 15 is 0 Å². The summed E-state index contributed by atoms with van der Waals surface area (Å²) in [5, 5.41) is 0. The molecule has 0 heterocycles. The van der Waals surface area contributed by atoms with Crippen LogP contribution in [-0.2, 0) is 0 Å². The molecule has 2 nitrogen and oxygen atoms in total. The first-order valence-corrected chi connectivity index (χ1v) is 15.3. The highest BCUT2D eigenvalue weighted by Crippen LogP contribution is 2.50. The summed E-state index contributed by atoms with van der Waals surface area (Å²) in [5.74, 6) is 0.826. The van der Waals surface area contributed by atoms with E-state index in [1.54, 1.807) is 12.1 Å². The Bertz CT molecular complexity index is 826. The second kappa shape index (κ2) is 10.3. The topological polar surface area (TPSA) is 18.5 Å².